The third-order valence-corrected chi connectivity index (χ3v) is 2.03. The molecule has 84 valence electrons. The van der Waals surface area contributed by atoms with E-state index in [1.54, 1.807) is 0 Å². The highest BCUT2D eigenvalue weighted by Gasteiger charge is 2.05. The van der Waals surface area contributed by atoms with E-state index in [0.29, 0.717) is 6.42 Å². The van der Waals surface area contributed by atoms with Crippen LogP contribution in [0.4, 0.5) is 0 Å². The molecule has 15 heavy (non-hydrogen) atoms. The number of hydrogen-bond donors (Lipinski definition) is 1. The zero-order valence-electron chi connectivity index (χ0n) is 9.11. The van der Waals surface area contributed by atoms with Gasteiger partial charge in [-0.15, -0.1) is 13.2 Å². The summed E-state index contributed by atoms with van der Waals surface area (Å²) < 4.78 is 0. The van der Waals surface area contributed by atoms with Crippen LogP contribution in [0.1, 0.15) is 12.8 Å². The Balaban J connectivity index is 3.79. The van der Waals surface area contributed by atoms with Gasteiger partial charge in [-0.3, -0.25) is 4.90 Å². The summed E-state index contributed by atoms with van der Waals surface area (Å²) in [5, 5.41) is 8.61. The van der Waals surface area contributed by atoms with Crippen LogP contribution in [0, 0.1) is 0 Å². The van der Waals surface area contributed by atoms with Crippen LogP contribution in [0.25, 0.3) is 0 Å². The molecular weight excluding hydrogens is 190 g/mol. The van der Waals surface area contributed by atoms with Crippen molar-refractivity contribution >= 4 is 5.97 Å². The summed E-state index contributed by atoms with van der Waals surface area (Å²) in [5.41, 5.74) is 0.271. The van der Waals surface area contributed by atoms with Crippen molar-refractivity contribution in [2.75, 3.05) is 19.6 Å². The normalized spacial score (nSPS) is 9.93. The lowest BCUT2D eigenvalue weighted by molar-refractivity contribution is -0.132. The summed E-state index contributed by atoms with van der Waals surface area (Å²) in [4.78, 5) is 12.6. The first-order valence-electron chi connectivity index (χ1n) is 4.97. The second-order valence-electron chi connectivity index (χ2n) is 3.35. The van der Waals surface area contributed by atoms with Crippen molar-refractivity contribution in [3.8, 4) is 0 Å². The van der Waals surface area contributed by atoms with Crippen molar-refractivity contribution < 1.29 is 9.90 Å². The average molecular weight is 209 g/mol. The van der Waals surface area contributed by atoms with E-state index in [-0.39, 0.29) is 5.57 Å². The van der Waals surface area contributed by atoms with Gasteiger partial charge >= 0.3 is 5.97 Å². The molecule has 0 aliphatic rings. The first-order chi connectivity index (χ1) is 7.11. The Morgan fingerprint density at radius 1 is 1.27 bits per heavy atom. The lowest BCUT2D eigenvalue weighted by Crippen LogP contribution is -2.25. The van der Waals surface area contributed by atoms with Crippen molar-refractivity contribution in [2.24, 2.45) is 0 Å². The Morgan fingerprint density at radius 2 is 1.80 bits per heavy atom. The molecule has 0 rings (SSSR count). The Morgan fingerprint density at radius 3 is 2.20 bits per heavy atom. The molecule has 3 heteroatoms. The minimum absolute atomic E-state index is 0.271. The summed E-state index contributed by atoms with van der Waals surface area (Å²) in [6.45, 7) is 13.2. The van der Waals surface area contributed by atoms with Crippen LogP contribution in [0.2, 0.25) is 0 Å². The van der Waals surface area contributed by atoms with Crippen molar-refractivity contribution in [1.29, 1.82) is 0 Å². The summed E-state index contributed by atoms with van der Waals surface area (Å²) >= 11 is 0. The first-order valence-corrected chi connectivity index (χ1v) is 4.97. The van der Waals surface area contributed by atoms with Gasteiger partial charge in [0.2, 0.25) is 0 Å². The maximum atomic E-state index is 10.5. The largest absolute Gasteiger partial charge is 0.478 e. The van der Waals surface area contributed by atoms with E-state index >= 15 is 0 Å². The minimum atomic E-state index is -0.908. The molecule has 0 unspecified atom stereocenters. The topological polar surface area (TPSA) is 40.5 Å². The molecule has 3 nitrogen and oxygen atoms in total. The highest BCUT2D eigenvalue weighted by atomic mass is 16.4. The van der Waals surface area contributed by atoms with Crippen molar-refractivity contribution in [3.05, 3.63) is 37.5 Å². The van der Waals surface area contributed by atoms with Crippen LogP contribution in [-0.4, -0.2) is 35.6 Å². The van der Waals surface area contributed by atoms with Crippen molar-refractivity contribution in [3.63, 3.8) is 0 Å². The zero-order valence-corrected chi connectivity index (χ0v) is 9.11. The van der Waals surface area contributed by atoms with E-state index in [4.69, 9.17) is 5.11 Å². The molecule has 0 aromatic carbocycles. The number of carboxylic acid groups (broad SMARTS) is 1. The molecule has 0 heterocycles. The van der Waals surface area contributed by atoms with E-state index in [2.05, 4.69) is 24.6 Å². The standard InChI is InChI=1S/C12H19NO2/c1-4-8-13(9-5-2)10-6-7-11(3)12(14)15/h4-5H,1-3,6-10H2,(H,14,15). The third-order valence-electron chi connectivity index (χ3n) is 2.03. The first kappa shape index (κ1) is 13.7. The lowest BCUT2D eigenvalue weighted by atomic mass is 10.1. The van der Waals surface area contributed by atoms with Gasteiger partial charge in [-0.05, 0) is 19.4 Å². The molecular formula is C12H19NO2. The average Bonchev–Trinajstić information content (AvgIpc) is 2.18. The van der Waals surface area contributed by atoms with E-state index in [1.165, 1.54) is 0 Å². The van der Waals surface area contributed by atoms with E-state index in [1.807, 2.05) is 12.2 Å². The molecule has 0 fully saturated rings. The lowest BCUT2D eigenvalue weighted by Gasteiger charge is -2.18. The second-order valence-corrected chi connectivity index (χ2v) is 3.35. The van der Waals surface area contributed by atoms with Gasteiger partial charge in [0.15, 0.2) is 0 Å². The Labute approximate surface area is 91.4 Å². The van der Waals surface area contributed by atoms with E-state index in [9.17, 15) is 4.79 Å². The maximum absolute atomic E-state index is 10.5. The van der Waals surface area contributed by atoms with Crippen LogP contribution in [-0.2, 0) is 4.79 Å². The zero-order chi connectivity index (χ0) is 11.7. The molecule has 0 aromatic heterocycles. The number of nitrogens with zero attached hydrogens (tertiary/aromatic N) is 1. The minimum Gasteiger partial charge on any atom is -0.478 e. The fraction of sp³-hybridized carbons (Fsp3) is 0.417. The Kier molecular flexibility index (Phi) is 7.28. The molecule has 0 spiro atoms. The van der Waals surface area contributed by atoms with E-state index in [0.717, 1.165) is 26.1 Å². The van der Waals surface area contributed by atoms with Crippen LogP contribution in [0.3, 0.4) is 0 Å². The van der Waals surface area contributed by atoms with Gasteiger partial charge in [0.1, 0.15) is 0 Å². The summed E-state index contributed by atoms with van der Waals surface area (Å²) in [6, 6.07) is 0. The summed E-state index contributed by atoms with van der Waals surface area (Å²) in [6.07, 6.45) is 4.98. The van der Waals surface area contributed by atoms with Crippen molar-refractivity contribution in [2.45, 2.75) is 12.8 Å². The molecule has 0 radical (unpaired) electrons. The maximum Gasteiger partial charge on any atom is 0.330 e. The van der Waals surface area contributed by atoms with Gasteiger partial charge in [0.25, 0.3) is 0 Å². The molecule has 0 saturated carbocycles. The van der Waals surface area contributed by atoms with Gasteiger partial charge < -0.3 is 5.11 Å². The van der Waals surface area contributed by atoms with Crippen LogP contribution >= 0.6 is 0 Å². The molecule has 0 aliphatic heterocycles. The number of carbonyl (C=O) groups is 1. The van der Waals surface area contributed by atoms with Gasteiger partial charge in [-0.25, -0.2) is 4.79 Å². The van der Waals surface area contributed by atoms with Gasteiger partial charge in [0, 0.05) is 18.7 Å². The highest BCUT2D eigenvalue weighted by Crippen LogP contribution is 2.04. The molecule has 0 bridgehead atoms. The van der Waals surface area contributed by atoms with Gasteiger partial charge in [-0.1, -0.05) is 18.7 Å². The third kappa shape index (κ3) is 6.69. The number of hydrogen-bond acceptors (Lipinski definition) is 2. The molecule has 0 saturated heterocycles. The molecule has 0 aromatic rings. The van der Waals surface area contributed by atoms with Crippen LogP contribution in [0.15, 0.2) is 37.5 Å². The van der Waals surface area contributed by atoms with Gasteiger partial charge in [-0.2, -0.15) is 0 Å². The van der Waals surface area contributed by atoms with Crippen LogP contribution in [0.5, 0.6) is 0 Å². The van der Waals surface area contributed by atoms with E-state index < -0.39 is 5.97 Å². The number of rotatable bonds is 9. The Bertz CT molecular complexity index is 236. The SMILES string of the molecule is C=CCN(CC=C)CCCC(=C)C(=O)O. The predicted molar refractivity (Wildman–Crippen MR) is 62.8 cm³/mol. The van der Waals surface area contributed by atoms with Crippen molar-refractivity contribution in [1.82, 2.24) is 4.90 Å². The fourth-order valence-electron chi connectivity index (χ4n) is 1.25. The number of aliphatic carboxylic acids is 1. The molecule has 1 N–H and O–H groups in total. The monoisotopic (exact) mass is 209 g/mol. The fourth-order valence-corrected chi connectivity index (χ4v) is 1.25. The number of carboxylic acids is 1. The summed E-state index contributed by atoms with van der Waals surface area (Å²) in [5.74, 6) is -0.908. The quantitative estimate of drug-likeness (QED) is 0.467. The Hall–Kier alpha value is -1.35. The summed E-state index contributed by atoms with van der Waals surface area (Å²) in [7, 11) is 0. The van der Waals surface area contributed by atoms with Gasteiger partial charge in [0.05, 0.1) is 0 Å². The predicted octanol–water partition coefficient (Wildman–Crippen LogP) is 2.08. The molecule has 0 amide bonds. The smallest absolute Gasteiger partial charge is 0.330 e. The molecule has 0 atom stereocenters. The second kappa shape index (κ2) is 8.00. The highest BCUT2D eigenvalue weighted by molar-refractivity contribution is 5.85. The van der Waals surface area contributed by atoms with Crippen LogP contribution < -0.4 is 0 Å². The molecule has 0 aliphatic carbocycles.